The zero-order valence-electron chi connectivity index (χ0n) is 14.2. The minimum atomic E-state index is 0.888. The van der Waals surface area contributed by atoms with Crippen molar-refractivity contribution in [1.82, 2.24) is 0 Å². The zero-order chi connectivity index (χ0) is 16.2. The Morgan fingerprint density at radius 3 is 1.91 bits per heavy atom. The van der Waals surface area contributed by atoms with Gasteiger partial charge in [-0.1, -0.05) is 6.92 Å². The van der Waals surface area contributed by atoms with Crippen molar-refractivity contribution in [3.8, 4) is 0 Å². The van der Waals surface area contributed by atoms with E-state index in [0.717, 1.165) is 79.7 Å². The van der Waals surface area contributed by atoms with Crippen LogP contribution in [0.1, 0.15) is 77.6 Å². The van der Waals surface area contributed by atoms with E-state index < -0.39 is 0 Å². The molecular weight excluding hydrogens is 308 g/mol. The van der Waals surface area contributed by atoms with Gasteiger partial charge in [-0.15, -0.1) is 0 Å². The Kier molecular flexibility index (Phi) is 11.4. The van der Waals surface area contributed by atoms with Crippen LogP contribution in [-0.4, -0.2) is 28.2 Å². The highest BCUT2D eigenvalue weighted by Crippen LogP contribution is 2.37. The summed E-state index contributed by atoms with van der Waals surface area (Å²) in [5.74, 6) is 3.09. The molecule has 2 atom stereocenters. The molecule has 128 valence electrons. The van der Waals surface area contributed by atoms with Crippen molar-refractivity contribution in [2.75, 3.05) is 11.5 Å². The highest BCUT2D eigenvalue weighted by atomic mass is 32.2. The lowest BCUT2D eigenvalue weighted by atomic mass is 9.87. The van der Waals surface area contributed by atoms with Crippen molar-refractivity contribution in [2.45, 2.75) is 82.8 Å². The van der Waals surface area contributed by atoms with Crippen LogP contribution in [0.15, 0.2) is 0 Å². The van der Waals surface area contributed by atoms with Crippen LogP contribution < -0.4 is 0 Å². The summed E-state index contributed by atoms with van der Waals surface area (Å²) in [5.41, 5.74) is 1.81. The Labute approximate surface area is 147 Å². The quantitative estimate of drug-likeness (QED) is 0.202. The second-order valence-electron chi connectivity index (χ2n) is 6.66. The number of thioether (sulfide) groups is 1. The van der Waals surface area contributed by atoms with Crippen LogP contribution in [0.25, 0.3) is 0 Å². The van der Waals surface area contributed by atoms with E-state index in [2.05, 4.69) is 31.3 Å². The zero-order valence-corrected chi connectivity index (χ0v) is 15.9. The van der Waals surface area contributed by atoms with Gasteiger partial charge in [-0.05, 0) is 88.1 Å². The molecule has 1 fully saturated rings. The van der Waals surface area contributed by atoms with Gasteiger partial charge in [0.1, 0.15) is 0 Å². The van der Waals surface area contributed by atoms with E-state index in [9.17, 15) is 0 Å². The second kappa shape index (κ2) is 12.5. The lowest BCUT2D eigenvalue weighted by Crippen LogP contribution is -2.25. The molecule has 0 heterocycles. The van der Waals surface area contributed by atoms with E-state index in [0.29, 0.717) is 0 Å². The predicted octanol–water partition coefficient (Wildman–Crippen LogP) is 6.00. The largest absolute Gasteiger partial charge is 0.310 e. The van der Waals surface area contributed by atoms with Crippen molar-refractivity contribution >= 4 is 35.8 Å². The summed E-state index contributed by atoms with van der Waals surface area (Å²) in [7, 11) is 0. The molecule has 2 N–H and O–H groups in total. The van der Waals surface area contributed by atoms with E-state index in [1.165, 1.54) is 25.0 Å². The van der Waals surface area contributed by atoms with Crippen LogP contribution in [0, 0.1) is 16.7 Å². The van der Waals surface area contributed by atoms with E-state index >= 15 is 0 Å². The lowest BCUT2D eigenvalue weighted by Gasteiger charge is -2.33. The fraction of sp³-hybridized carbons (Fsp3) is 0.889. The first kappa shape index (κ1) is 20.1. The number of hydrogen-bond donors (Lipinski definition) is 3. The Hall–Kier alpha value is 0.0400. The SMILES string of the molecule is CC1CCC1SCCCC(=N)CCCCC(=N)CCCCS. The number of hydrogen-bond acceptors (Lipinski definition) is 4. The van der Waals surface area contributed by atoms with Crippen LogP contribution >= 0.6 is 24.4 Å². The Morgan fingerprint density at radius 2 is 1.45 bits per heavy atom. The van der Waals surface area contributed by atoms with Gasteiger partial charge in [0.15, 0.2) is 0 Å². The van der Waals surface area contributed by atoms with Crippen molar-refractivity contribution in [3.63, 3.8) is 0 Å². The topological polar surface area (TPSA) is 47.7 Å². The maximum Gasteiger partial charge on any atom is 0.00894 e. The minimum absolute atomic E-state index is 0.888. The third-order valence-electron chi connectivity index (χ3n) is 4.59. The fourth-order valence-corrected chi connectivity index (χ4v) is 4.39. The molecule has 1 aliphatic rings. The Balaban J connectivity index is 1.87. The van der Waals surface area contributed by atoms with Crippen molar-refractivity contribution in [3.05, 3.63) is 0 Å². The minimum Gasteiger partial charge on any atom is -0.310 e. The molecule has 0 aromatic rings. The number of nitrogens with one attached hydrogen (secondary N) is 2. The van der Waals surface area contributed by atoms with E-state index in [-0.39, 0.29) is 0 Å². The van der Waals surface area contributed by atoms with Gasteiger partial charge in [0.25, 0.3) is 0 Å². The van der Waals surface area contributed by atoms with Crippen LogP contribution in [0.3, 0.4) is 0 Å². The average Bonchev–Trinajstić information content (AvgIpc) is 2.50. The van der Waals surface area contributed by atoms with Gasteiger partial charge in [-0.25, -0.2) is 0 Å². The lowest BCUT2D eigenvalue weighted by molar-refractivity contribution is 0.362. The molecule has 0 amide bonds. The maximum atomic E-state index is 8.02. The number of unbranched alkanes of at least 4 members (excludes halogenated alkanes) is 2. The molecule has 0 aromatic carbocycles. The Bertz CT molecular complexity index is 331. The molecule has 0 aromatic heterocycles. The predicted molar refractivity (Wildman–Crippen MR) is 106 cm³/mol. The maximum absolute atomic E-state index is 8.02. The Morgan fingerprint density at radius 1 is 0.909 bits per heavy atom. The summed E-state index contributed by atoms with van der Waals surface area (Å²) in [6, 6.07) is 0. The first-order chi connectivity index (χ1) is 10.6. The third kappa shape index (κ3) is 9.24. The van der Waals surface area contributed by atoms with Gasteiger partial charge in [-0.2, -0.15) is 24.4 Å². The van der Waals surface area contributed by atoms with Crippen LogP contribution in [0.2, 0.25) is 0 Å². The molecule has 0 saturated heterocycles. The molecule has 0 aliphatic heterocycles. The van der Waals surface area contributed by atoms with Gasteiger partial charge < -0.3 is 10.8 Å². The van der Waals surface area contributed by atoms with Gasteiger partial charge in [0.2, 0.25) is 0 Å². The third-order valence-corrected chi connectivity index (χ3v) is 6.56. The first-order valence-corrected chi connectivity index (χ1v) is 10.7. The molecule has 22 heavy (non-hydrogen) atoms. The van der Waals surface area contributed by atoms with Gasteiger partial charge in [0, 0.05) is 16.7 Å². The molecule has 4 heteroatoms. The molecular formula is C18H34N2S2. The smallest absolute Gasteiger partial charge is 0.00894 e. The number of rotatable bonds is 14. The van der Waals surface area contributed by atoms with Crippen LogP contribution in [-0.2, 0) is 0 Å². The van der Waals surface area contributed by atoms with E-state index in [4.69, 9.17) is 10.8 Å². The number of thiol groups is 1. The van der Waals surface area contributed by atoms with Gasteiger partial charge in [-0.3, -0.25) is 0 Å². The van der Waals surface area contributed by atoms with Crippen molar-refractivity contribution < 1.29 is 0 Å². The first-order valence-electron chi connectivity index (χ1n) is 8.98. The second-order valence-corrected chi connectivity index (χ2v) is 8.46. The summed E-state index contributed by atoms with van der Waals surface area (Å²) in [4.78, 5) is 0. The van der Waals surface area contributed by atoms with E-state index in [1.54, 1.807) is 0 Å². The molecule has 0 spiro atoms. The molecule has 1 rings (SSSR count). The van der Waals surface area contributed by atoms with Crippen molar-refractivity contribution in [1.29, 1.82) is 10.8 Å². The summed E-state index contributed by atoms with van der Waals surface area (Å²) in [6.07, 6.45) is 12.2. The van der Waals surface area contributed by atoms with Gasteiger partial charge in [0.05, 0.1) is 0 Å². The molecule has 2 unspecified atom stereocenters. The van der Waals surface area contributed by atoms with Crippen LogP contribution in [0.5, 0.6) is 0 Å². The average molecular weight is 343 g/mol. The molecule has 1 aliphatic carbocycles. The molecule has 0 bridgehead atoms. The normalized spacial score (nSPS) is 20.6. The summed E-state index contributed by atoms with van der Waals surface area (Å²) in [6.45, 7) is 2.36. The highest BCUT2D eigenvalue weighted by Gasteiger charge is 2.26. The van der Waals surface area contributed by atoms with Crippen LogP contribution in [0.4, 0.5) is 0 Å². The van der Waals surface area contributed by atoms with Gasteiger partial charge >= 0.3 is 0 Å². The van der Waals surface area contributed by atoms with E-state index in [1.807, 2.05) is 0 Å². The summed E-state index contributed by atoms with van der Waals surface area (Å²) in [5, 5.41) is 16.8. The molecule has 2 nitrogen and oxygen atoms in total. The highest BCUT2D eigenvalue weighted by molar-refractivity contribution is 7.99. The fourth-order valence-electron chi connectivity index (χ4n) is 2.78. The summed E-state index contributed by atoms with van der Waals surface area (Å²) >= 11 is 6.32. The standard InChI is InChI=1S/C18H34N2S2/c1-15-11-12-18(15)22-14-6-10-17(20)8-3-2-7-16(19)9-4-5-13-21/h15,18-21H,2-14H2,1H3. The molecule has 0 radical (unpaired) electrons. The molecule has 1 saturated carbocycles. The van der Waals surface area contributed by atoms with Crippen molar-refractivity contribution in [2.24, 2.45) is 5.92 Å². The summed E-state index contributed by atoms with van der Waals surface area (Å²) < 4.78 is 0. The monoisotopic (exact) mass is 342 g/mol.